The van der Waals surface area contributed by atoms with E-state index in [1.165, 1.54) is 5.56 Å². The summed E-state index contributed by atoms with van der Waals surface area (Å²) in [6.45, 7) is 2.59. The molecule has 0 bridgehead atoms. The largest absolute Gasteiger partial charge is 0.478 e. The lowest BCUT2D eigenvalue weighted by atomic mass is 10.1. The zero-order valence-electron chi connectivity index (χ0n) is 14.3. The van der Waals surface area contributed by atoms with E-state index < -0.39 is 5.97 Å². The molecule has 0 saturated heterocycles. The van der Waals surface area contributed by atoms with Gasteiger partial charge in [-0.2, -0.15) is 0 Å². The maximum atomic E-state index is 10.8. The van der Waals surface area contributed by atoms with Gasteiger partial charge in [-0.1, -0.05) is 24.3 Å². The average molecular weight is 325 g/mol. The van der Waals surface area contributed by atoms with Crippen LogP contribution < -0.4 is 4.74 Å². The van der Waals surface area contributed by atoms with E-state index in [2.05, 4.69) is 31.1 Å². The predicted molar refractivity (Wildman–Crippen MR) is 96.5 cm³/mol. The Kier molecular flexibility index (Phi) is 6.15. The molecule has 4 nitrogen and oxygen atoms in total. The monoisotopic (exact) mass is 325 g/mol. The van der Waals surface area contributed by atoms with Crippen molar-refractivity contribution >= 4 is 12.0 Å². The summed E-state index contributed by atoms with van der Waals surface area (Å²) in [5, 5.41) is 8.89. The molecule has 0 aliphatic heterocycles. The van der Waals surface area contributed by atoms with E-state index in [-0.39, 0.29) is 0 Å². The summed E-state index contributed by atoms with van der Waals surface area (Å²) >= 11 is 0. The fourth-order valence-corrected chi connectivity index (χ4v) is 2.16. The van der Waals surface area contributed by atoms with Crippen molar-refractivity contribution in [3.8, 4) is 11.5 Å². The van der Waals surface area contributed by atoms with Crippen molar-refractivity contribution in [1.82, 2.24) is 4.90 Å². The molecule has 0 aliphatic carbocycles. The minimum absolute atomic E-state index is 0.303. The van der Waals surface area contributed by atoms with E-state index in [1.54, 1.807) is 13.0 Å². The number of carboxylic acids is 1. The second kappa shape index (κ2) is 8.31. The molecule has 0 unspecified atom stereocenters. The molecule has 1 N–H and O–H groups in total. The summed E-state index contributed by atoms with van der Waals surface area (Å²) in [7, 11) is 4.13. The van der Waals surface area contributed by atoms with Crippen LogP contribution in [0.3, 0.4) is 0 Å². The molecule has 0 radical (unpaired) electrons. The van der Waals surface area contributed by atoms with Crippen LogP contribution in [-0.4, -0.2) is 36.6 Å². The zero-order chi connectivity index (χ0) is 17.5. The molecule has 0 spiro atoms. The van der Waals surface area contributed by atoms with E-state index in [0.29, 0.717) is 5.57 Å². The highest BCUT2D eigenvalue weighted by molar-refractivity contribution is 5.91. The molecule has 126 valence electrons. The van der Waals surface area contributed by atoms with Crippen molar-refractivity contribution in [3.05, 3.63) is 65.2 Å². The highest BCUT2D eigenvalue weighted by atomic mass is 16.5. The Morgan fingerprint density at radius 2 is 1.58 bits per heavy atom. The lowest BCUT2D eigenvalue weighted by molar-refractivity contribution is -0.132. The maximum Gasteiger partial charge on any atom is 0.331 e. The van der Waals surface area contributed by atoms with Gasteiger partial charge in [-0.05, 0) is 68.9 Å². The zero-order valence-corrected chi connectivity index (χ0v) is 14.3. The highest BCUT2D eigenvalue weighted by Gasteiger charge is 2.02. The van der Waals surface area contributed by atoms with Crippen molar-refractivity contribution in [3.63, 3.8) is 0 Å². The summed E-state index contributed by atoms with van der Waals surface area (Å²) in [6, 6.07) is 15.4. The number of ether oxygens (including phenoxy) is 1. The molecule has 2 rings (SSSR count). The first-order chi connectivity index (χ1) is 11.4. The first-order valence-electron chi connectivity index (χ1n) is 7.87. The average Bonchev–Trinajstić information content (AvgIpc) is 2.56. The SMILES string of the molecule is C/C(=C\c1ccc(Oc2ccc(CCN(C)C)cc2)cc1)C(=O)O. The van der Waals surface area contributed by atoms with Gasteiger partial charge in [0.1, 0.15) is 11.5 Å². The minimum Gasteiger partial charge on any atom is -0.478 e. The molecule has 0 atom stereocenters. The van der Waals surface area contributed by atoms with Crippen LogP contribution >= 0.6 is 0 Å². The van der Waals surface area contributed by atoms with E-state index in [0.717, 1.165) is 30.0 Å². The summed E-state index contributed by atoms with van der Waals surface area (Å²) in [5.74, 6) is 0.597. The van der Waals surface area contributed by atoms with Gasteiger partial charge in [0.15, 0.2) is 0 Å². The van der Waals surface area contributed by atoms with Gasteiger partial charge < -0.3 is 14.7 Å². The Balaban J connectivity index is 1.98. The topological polar surface area (TPSA) is 49.8 Å². The van der Waals surface area contributed by atoms with Crippen LogP contribution in [0.15, 0.2) is 54.1 Å². The first kappa shape index (κ1) is 17.8. The van der Waals surface area contributed by atoms with Gasteiger partial charge >= 0.3 is 5.97 Å². The van der Waals surface area contributed by atoms with Crippen LogP contribution in [0, 0.1) is 0 Å². The molecule has 4 heteroatoms. The second-order valence-corrected chi connectivity index (χ2v) is 6.00. The van der Waals surface area contributed by atoms with Crippen molar-refractivity contribution in [1.29, 1.82) is 0 Å². The Morgan fingerprint density at radius 3 is 2.08 bits per heavy atom. The fraction of sp³-hybridized carbons (Fsp3) is 0.250. The fourth-order valence-electron chi connectivity index (χ4n) is 2.16. The minimum atomic E-state index is -0.912. The molecule has 0 aromatic heterocycles. The van der Waals surface area contributed by atoms with Crippen molar-refractivity contribution in [2.45, 2.75) is 13.3 Å². The Bertz CT molecular complexity index is 701. The molecule has 2 aromatic rings. The summed E-state index contributed by atoms with van der Waals surface area (Å²) < 4.78 is 5.82. The molecular weight excluding hydrogens is 302 g/mol. The number of carbonyl (C=O) groups is 1. The third kappa shape index (κ3) is 5.56. The van der Waals surface area contributed by atoms with E-state index in [1.807, 2.05) is 36.4 Å². The van der Waals surface area contributed by atoms with Crippen LogP contribution in [0.2, 0.25) is 0 Å². The second-order valence-electron chi connectivity index (χ2n) is 6.00. The number of likely N-dealkylation sites (N-methyl/N-ethyl adjacent to an activating group) is 1. The number of carboxylic acid groups (broad SMARTS) is 1. The molecule has 24 heavy (non-hydrogen) atoms. The molecule has 0 heterocycles. The normalized spacial score (nSPS) is 11.6. The maximum absolute atomic E-state index is 10.8. The quantitative estimate of drug-likeness (QED) is 0.780. The van der Waals surface area contributed by atoms with E-state index >= 15 is 0 Å². The number of rotatable bonds is 7. The number of hydrogen-bond acceptors (Lipinski definition) is 3. The number of aliphatic carboxylic acids is 1. The third-order valence-electron chi connectivity index (χ3n) is 3.61. The van der Waals surface area contributed by atoms with Crippen LogP contribution in [0.1, 0.15) is 18.1 Å². The third-order valence-corrected chi connectivity index (χ3v) is 3.61. The van der Waals surface area contributed by atoms with Crippen LogP contribution in [0.4, 0.5) is 0 Å². The molecular formula is C20H23NO3. The van der Waals surface area contributed by atoms with Gasteiger partial charge in [0.25, 0.3) is 0 Å². The van der Waals surface area contributed by atoms with Crippen molar-refractivity contribution in [2.75, 3.05) is 20.6 Å². The first-order valence-corrected chi connectivity index (χ1v) is 7.87. The molecule has 0 fully saturated rings. The standard InChI is InChI=1S/C20H23NO3/c1-15(20(22)23)14-17-6-10-19(11-7-17)24-18-8-4-16(5-9-18)12-13-21(2)3/h4-11,14H,12-13H2,1-3H3,(H,22,23)/b15-14+. The summed E-state index contributed by atoms with van der Waals surface area (Å²) in [6.07, 6.45) is 2.64. The molecule has 0 aliphatic rings. The molecule has 2 aromatic carbocycles. The van der Waals surface area contributed by atoms with Gasteiger partial charge in [0.05, 0.1) is 0 Å². The lowest BCUT2D eigenvalue weighted by Gasteiger charge is -2.10. The van der Waals surface area contributed by atoms with Gasteiger partial charge in [-0.25, -0.2) is 4.79 Å². The van der Waals surface area contributed by atoms with E-state index in [4.69, 9.17) is 9.84 Å². The smallest absolute Gasteiger partial charge is 0.331 e. The Morgan fingerprint density at radius 1 is 1.04 bits per heavy atom. The Hall–Kier alpha value is -2.59. The number of hydrogen-bond donors (Lipinski definition) is 1. The summed E-state index contributed by atoms with van der Waals surface area (Å²) in [5.41, 5.74) is 2.42. The van der Waals surface area contributed by atoms with Crippen molar-refractivity contribution < 1.29 is 14.6 Å². The van der Waals surface area contributed by atoms with Crippen molar-refractivity contribution in [2.24, 2.45) is 0 Å². The molecule has 0 saturated carbocycles. The van der Waals surface area contributed by atoms with Crippen LogP contribution in [0.25, 0.3) is 6.08 Å². The highest BCUT2D eigenvalue weighted by Crippen LogP contribution is 2.23. The molecule has 0 amide bonds. The Labute approximate surface area is 143 Å². The van der Waals surface area contributed by atoms with Gasteiger partial charge in [-0.15, -0.1) is 0 Å². The van der Waals surface area contributed by atoms with Crippen LogP contribution in [0.5, 0.6) is 11.5 Å². The van der Waals surface area contributed by atoms with Gasteiger partial charge in [-0.3, -0.25) is 0 Å². The lowest BCUT2D eigenvalue weighted by Crippen LogP contribution is -2.14. The van der Waals surface area contributed by atoms with E-state index in [9.17, 15) is 4.79 Å². The van der Waals surface area contributed by atoms with Gasteiger partial charge in [0, 0.05) is 12.1 Å². The number of benzene rings is 2. The summed E-state index contributed by atoms with van der Waals surface area (Å²) in [4.78, 5) is 13.0. The number of nitrogens with zero attached hydrogens (tertiary/aromatic N) is 1. The van der Waals surface area contributed by atoms with Crippen LogP contribution in [-0.2, 0) is 11.2 Å². The van der Waals surface area contributed by atoms with Gasteiger partial charge in [0.2, 0.25) is 0 Å². The predicted octanol–water partition coefficient (Wildman–Crippen LogP) is 4.07.